The molecule has 2 N–H and O–H groups in total. The Kier molecular flexibility index (Phi) is 7.64. The van der Waals surface area contributed by atoms with Gasteiger partial charge >= 0.3 is 0 Å². The van der Waals surface area contributed by atoms with Crippen molar-refractivity contribution in [2.45, 2.75) is 58.6 Å². The Bertz CT molecular complexity index is 953. The molecular formula is C26H33N3O2. The molecule has 0 saturated carbocycles. The zero-order chi connectivity index (χ0) is 22.3. The van der Waals surface area contributed by atoms with Crippen molar-refractivity contribution in [2.24, 2.45) is 5.41 Å². The van der Waals surface area contributed by atoms with Crippen LogP contribution in [0.3, 0.4) is 0 Å². The molecule has 0 bridgehead atoms. The van der Waals surface area contributed by atoms with Crippen LogP contribution < -0.4 is 5.32 Å². The van der Waals surface area contributed by atoms with Crippen LogP contribution in [0, 0.1) is 5.41 Å². The summed E-state index contributed by atoms with van der Waals surface area (Å²) < 4.78 is 1.94. The molecule has 3 rings (SSSR count). The molecular weight excluding hydrogens is 386 g/mol. The molecule has 1 heterocycles. The molecule has 0 aliphatic rings. The highest BCUT2D eigenvalue weighted by molar-refractivity contribution is 5.94. The minimum absolute atomic E-state index is 0.122. The third-order valence-corrected chi connectivity index (χ3v) is 5.73. The number of nitrogens with zero attached hydrogens (tertiary/aromatic N) is 2. The number of hydrogen-bond donors (Lipinski definition) is 2. The number of amides is 1. The lowest BCUT2D eigenvalue weighted by molar-refractivity contribution is -0.126. The van der Waals surface area contributed by atoms with Crippen molar-refractivity contribution in [3.63, 3.8) is 0 Å². The molecule has 2 aromatic carbocycles. The minimum Gasteiger partial charge on any atom is -0.393 e. The predicted octanol–water partition coefficient (Wildman–Crippen LogP) is 5.04. The zero-order valence-electron chi connectivity index (χ0n) is 18.7. The molecule has 1 amide bonds. The third kappa shape index (κ3) is 6.28. The van der Waals surface area contributed by atoms with Crippen molar-refractivity contribution in [3.05, 3.63) is 84.2 Å². The van der Waals surface area contributed by atoms with Crippen LogP contribution >= 0.6 is 0 Å². The van der Waals surface area contributed by atoms with Gasteiger partial charge in [0, 0.05) is 18.4 Å². The van der Waals surface area contributed by atoms with Gasteiger partial charge in [0.25, 0.3) is 0 Å². The second-order valence-corrected chi connectivity index (χ2v) is 8.81. The Morgan fingerprint density at radius 2 is 1.68 bits per heavy atom. The van der Waals surface area contributed by atoms with Gasteiger partial charge in [-0.3, -0.25) is 10.1 Å². The van der Waals surface area contributed by atoms with Gasteiger partial charge in [-0.2, -0.15) is 0 Å². The van der Waals surface area contributed by atoms with E-state index in [9.17, 15) is 9.90 Å². The molecule has 0 aliphatic carbocycles. The molecule has 0 spiro atoms. The molecule has 2 atom stereocenters. The third-order valence-electron chi connectivity index (χ3n) is 5.73. The average Bonchev–Trinajstić information content (AvgIpc) is 3.22. The monoisotopic (exact) mass is 419 g/mol. The first kappa shape index (κ1) is 22.8. The van der Waals surface area contributed by atoms with Crippen LogP contribution in [0.15, 0.2) is 73.1 Å². The van der Waals surface area contributed by atoms with Crippen LogP contribution in [0.4, 0.5) is 5.95 Å². The van der Waals surface area contributed by atoms with E-state index in [1.54, 1.807) is 6.20 Å². The summed E-state index contributed by atoms with van der Waals surface area (Å²) in [5.74, 6) is 0.418. The molecule has 0 fully saturated rings. The number of rotatable bonds is 10. The van der Waals surface area contributed by atoms with E-state index in [2.05, 4.69) is 22.4 Å². The lowest BCUT2D eigenvalue weighted by Gasteiger charge is -2.31. The van der Waals surface area contributed by atoms with Gasteiger partial charge in [-0.25, -0.2) is 4.98 Å². The molecule has 3 aromatic rings. The van der Waals surface area contributed by atoms with E-state index in [0.717, 1.165) is 12.0 Å². The fraction of sp³-hybridized carbons (Fsp3) is 0.385. The van der Waals surface area contributed by atoms with Gasteiger partial charge in [-0.15, -0.1) is 0 Å². The van der Waals surface area contributed by atoms with E-state index in [1.165, 1.54) is 5.56 Å². The van der Waals surface area contributed by atoms with Crippen molar-refractivity contribution >= 4 is 11.9 Å². The first-order chi connectivity index (χ1) is 14.9. The van der Waals surface area contributed by atoms with Gasteiger partial charge in [0.1, 0.15) is 0 Å². The highest BCUT2D eigenvalue weighted by Gasteiger charge is 2.36. The first-order valence-electron chi connectivity index (χ1n) is 11.0. The van der Waals surface area contributed by atoms with Gasteiger partial charge < -0.3 is 9.67 Å². The van der Waals surface area contributed by atoms with E-state index >= 15 is 0 Å². The van der Waals surface area contributed by atoms with Crippen molar-refractivity contribution in [3.8, 4) is 0 Å². The first-order valence-corrected chi connectivity index (χ1v) is 11.0. The van der Waals surface area contributed by atoms with E-state index < -0.39 is 11.5 Å². The molecule has 0 saturated heterocycles. The standard InChI is InChI=1S/C26H33N3O2/c1-20(2)29-17-16-27-25(29)28-24(31)26(3,18-22-12-8-5-9-13-22)19-23(30)15-14-21-10-6-4-7-11-21/h4-13,16-17,20,23,30H,14-15,18-19H2,1-3H3,(H,27,28,31). The van der Waals surface area contributed by atoms with Crippen molar-refractivity contribution in [1.82, 2.24) is 9.55 Å². The number of aryl methyl sites for hydroxylation is 1. The normalized spacial score (nSPS) is 14.2. The molecule has 5 heteroatoms. The van der Waals surface area contributed by atoms with Crippen molar-refractivity contribution in [2.75, 3.05) is 5.32 Å². The SMILES string of the molecule is CC(C)n1ccnc1NC(=O)C(C)(Cc1ccccc1)CC(O)CCc1ccccc1. The van der Waals surface area contributed by atoms with Crippen LogP contribution in [0.2, 0.25) is 0 Å². The number of aliphatic hydroxyl groups excluding tert-OH is 1. The summed E-state index contributed by atoms with van der Waals surface area (Å²) in [6.07, 6.45) is 5.30. The number of benzene rings is 2. The lowest BCUT2D eigenvalue weighted by atomic mass is 9.77. The number of carbonyl (C=O) groups excluding carboxylic acids is 1. The van der Waals surface area contributed by atoms with Gasteiger partial charge in [0.05, 0.1) is 11.5 Å². The second-order valence-electron chi connectivity index (χ2n) is 8.81. The zero-order valence-corrected chi connectivity index (χ0v) is 18.7. The fourth-order valence-electron chi connectivity index (χ4n) is 3.97. The van der Waals surface area contributed by atoms with Crippen LogP contribution in [-0.2, 0) is 17.6 Å². The number of aliphatic hydroxyl groups is 1. The highest BCUT2D eigenvalue weighted by atomic mass is 16.3. The largest absolute Gasteiger partial charge is 0.393 e. The fourth-order valence-corrected chi connectivity index (χ4v) is 3.97. The minimum atomic E-state index is -0.773. The Hall–Kier alpha value is -2.92. The van der Waals surface area contributed by atoms with Gasteiger partial charge in [-0.1, -0.05) is 67.6 Å². The van der Waals surface area contributed by atoms with Gasteiger partial charge in [0.2, 0.25) is 11.9 Å². The van der Waals surface area contributed by atoms with Crippen LogP contribution in [0.25, 0.3) is 0 Å². The summed E-state index contributed by atoms with van der Waals surface area (Å²) in [5, 5.41) is 13.9. The van der Waals surface area contributed by atoms with Crippen LogP contribution in [-0.4, -0.2) is 26.7 Å². The summed E-state index contributed by atoms with van der Waals surface area (Å²) in [6.45, 7) is 6.03. The topological polar surface area (TPSA) is 67.2 Å². The summed E-state index contributed by atoms with van der Waals surface area (Å²) in [4.78, 5) is 17.8. The maximum Gasteiger partial charge on any atom is 0.233 e. The van der Waals surface area contributed by atoms with E-state index in [1.807, 2.05) is 80.1 Å². The summed E-state index contributed by atoms with van der Waals surface area (Å²) >= 11 is 0. The van der Waals surface area contributed by atoms with E-state index in [-0.39, 0.29) is 11.9 Å². The van der Waals surface area contributed by atoms with Gasteiger partial charge in [0.15, 0.2) is 0 Å². The van der Waals surface area contributed by atoms with E-state index in [4.69, 9.17) is 0 Å². The quantitative estimate of drug-likeness (QED) is 0.484. The predicted molar refractivity (Wildman–Crippen MR) is 125 cm³/mol. The summed E-state index contributed by atoms with van der Waals surface area (Å²) in [7, 11) is 0. The number of imidazole rings is 1. The van der Waals surface area contributed by atoms with E-state index in [0.29, 0.717) is 25.2 Å². The summed E-state index contributed by atoms with van der Waals surface area (Å²) in [6, 6.07) is 20.3. The Morgan fingerprint density at radius 3 is 2.29 bits per heavy atom. The maximum atomic E-state index is 13.4. The molecule has 5 nitrogen and oxygen atoms in total. The number of anilines is 1. The Morgan fingerprint density at radius 1 is 1.06 bits per heavy atom. The smallest absolute Gasteiger partial charge is 0.233 e. The number of aromatic nitrogens is 2. The molecule has 164 valence electrons. The number of hydrogen-bond acceptors (Lipinski definition) is 3. The Labute approximate surface area is 185 Å². The van der Waals surface area contributed by atoms with Crippen LogP contribution in [0.1, 0.15) is 50.8 Å². The molecule has 0 aliphatic heterocycles. The van der Waals surface area contributed by atoms with Crippen LogP contribution in [0.5, 0.6) is 0 Å². The average molecular weight is 420 g/mol. The van der Waals surface area contributed by atoms with Crippen molar-refractivity contribution < 1.29 is 9.90 Å². The molecule has 0 radical (unpaired) electrons. The number of nitrogens with one attached hydrogen (secondary N) is 1. The maximum absolute atomic E-state index is 13.4. The summed E-state index contributed by atoms with van der Waals surface area (Å²) in [5.41, 5.74) is 1.49. The Balaban J connectivity index is 1.75. The number of carbonyl (C=O) groups is 1. The molecule has 2 unspecified atom stereocenters. The van der Waals surface area contributed by atoms with Gasteiger partial charge in [-0.05, 0) is 50.7 Å². The lowest BCUT2D eigenvalue weighted by Crippen LogP contribution is -2.39. The molecule has 31 heavy (non-hydrogen) atoms. The second kappa shape index (κ2) is 10.4. The highest BCUT2D eigenvalue weighted by Crippen LogP contribution is 2.31. The van der Waals surface area contributed by atoms with Crippen molar-refractivity contribution in [1.29, 1.82) is 0 Å². The molecule has 1 aromatic heterocycles.